The van der Waals surface area contributed by atoms with Crippen LogP contribution in [-0.4, -0.2) is 28.2 Å². The van der Waals surface area contributed by atoms with Gasteiger partial charge < -0.3 is 10.5 Å². The molecule has 0 atom stereocenters. The van der Waals surface area contributed by atoms with Crippen molar-refractivity contribution in [1.82, 2.24) is 9.55 Å². The molecule has 3 aromatic rings. The Hall–Kier alpha value is -3.99. The van der Waals surface area contributed by atoms with E-state index >= 15 is 0 Å². The SMILES string of the molecule is CC(=O)N1CN(C(N)=O)c2ccc(-n3c(C)nc(OCc4ccc(F)cc4F)c(Cl)c3=O)cc21. The summed E-state index contributed by atoms with van der Waals surface area (Å²) in [5.41, 5.74) is 5.94. The summed E-state index contributed by atoms with van der Waals surface area (Å²) < 4.78 is 33.6. The predicted molar refractivity (Wildman–Crippen MR) is 120 cm³/mol. The standard InChI is InChI=1S/C22H18ClF2N5O4/c1-11-27-20(34-9-13-3-4-14(24)7-16(13)25)19(23)21(32)30(11)15-5-6-17-18(8-15)28(12(2)31)10-29(17)22(26)33/h3-8H,9-10H2,1-2H3,(H2,26,33). The summed E-state index contributed by atoms with van der Waals surface area (Å²) >= 11 is 6.20. The molecule has 1 aromatic heterocycles. The number of nitrogens with two attached hydrogens (primary N) is 1. The highest BCUT2D eigenvalue weighted by Gasteiger charge is 2.32. The lowest BCUT2D eigenvalue weighted by atomic mass is 10.2. The highest BCUT2D eigenvalue weighted by molar-refractivity contribution is 6.31. The van der Waals surface area contributed by atoms with Crippen LogP contribution in [0.15, 0.2) is 41.2 Å². The zero-order valence-corrected chi connectivity index (χ0v) is 18.8. The summed E-state index contributed by atoms with van der Waals surface area (Å²) in [6.45, 7) is 2.50. The Bertz CT molecular complexity index is 1390. The lowest BCUT2D eigenvalue weighted by Crippen LogP contribution is -2.40. The van der Waals surface area contributed by atoms with E-state index in [4.69, 9.17) is 22.1 Å². The number of aromatic nitrogens is 2. The first-order chi connectivity index (χ1) is 16.1. The third kappa shape index (κ3) is 4.05. The van der Waals surface area contributed by atoms with Crippen molar-refractivity contribution in [3.8, 4) is 11.6 Å². The number of urea groups is 1. The second-order valence-corrected chi connectivity index (χ2v) is 7.85. The number of hydrogen-bond donors (Lipinski definition) is 1. The molecule has 2 aromatic carbocycles. The Balaban J connectivity index is 1.70. The molecule has 0 radical (unpaired) electrons. The summed E-state index contributed by atoms with van der Waals surface area (Å²) in [6, 6.07) is 6.94. The fourth-order valence-corrected chi connectivity index (χ4v) is 3.80. The van der Waals surface area contributed by atoms with Gasteiger partial charge >= 0.3 is 6.03 Å². The van der Waals surface area contributed by atoms with Gasteiger partial charge in [0.15, 0.2) is 5.02 Å². The van der Waals surface area contributed by atoms with Crippen LogP contribution in [0.1, 0.15) is 18.3 Å². The number of aryl methyl sites for hydroxylation is 1. The second kappa shape index (κ2) is 8.75. The van der Waals surface area contributed by atoms with E-state index in [1.807, 2.05) is 0 Å². The molecule has 0 saturated carbocycles. The Labute approximate surface area is 196 Å². The first kappa shape index (κ1) is 23.2. The minimum atomic E-state index is -0.806. The summed E-state index contributed by atoms with van der Waals surface area (Å²) in [6.07, 6.45) is 0. The van der Waals surface area contributed by atoms with Crippen LogP contribution in [0.3, 0.4) is 0 Å². The molecule has 4 rings (SSSR count). The minimum Gasteiger partial charge on any atom is -0.471 e. The molecule has 1 aliphatic heterocycles. The molecule has 0 spiro atoms. The van der Waals surface area contributed by atoms with E-state index in [0.29, 0.717) is 23.1 Å². The smallest absolute Gasteiger partial charge is 0.320 e. The maximum Gasteiger partial charge on any atom is 0.320 e. The average molecular weight is 490 g/mol. The Morgan fingerprint density at radius 1 is 1.15 bits per heavy atom. The quantitative estimate of drug-likeness (QED) is 0.604. The van der Waals surface area contributed by atoms with E-state index < -0.39 is 23.2 Å². The van der Waals surface area contributed by atoms with Gasteiger partial charge in [-0.15, -0.1) is 0 Å². The van der Waals surface area contributed by atoms with Gasteiger partial charge in [0.25, 0.3) is 5.56 Å². The van der Waals surface area contributed by atoms with Crippen molar-refractivity contribution in [3.63, 3.8) is 0 Å². The number of anilines is 2. The van der Waals surface area contributed by atoms with E-state index in [9.17, 15) is 23.2 Å². The summed E-state index contributed by atoms with van der Waals surface area (Å²) in [7, 11) is 0. The van der Waals surface area contributed by atoms with Gasteiger partial charge in [-0.05, 0) is 37.3 Å². The number of carbonyl (C=O) groups is 2. The summed E-state index contributed by atoms with van der Waals surface area (Å²) in [5.74, 6) is -1.87. The Morgan fingerprint density at radius 3 is 2.53 bits per heavy atom. The number of rotatable bonds is 4. The highest BCUT2D eigenvalue weighted by atomic mass is 35.5. The number of carbonyl (C=O) groups excluding carboxylic acids is 2. The van der Waals surface area contributed by atoms with Gasteiger partial charge in [-0.25, -0.2) is 13.6 Å². The van der Waals surface area contributed by atoms with Gasteiger partial charge in [0, 0.05) is 18.6 Å². The molecule has 0 bridgehead atoms. The van der Waals surface area contributed by atoms with Crippen molar-refractivity contribution >= 4 is 34.9 Å². The Morgan fingerprint density at radius 2 is 1.88 bits per heavy atom. The molecule has 176 valence electrons. The number of hydrogen-bond acceptors (Lipinski definition) is 5. The zero-order chi connectivity index (χ0) is 24.7. The molecule has 3 amide bonds. The fraction of sp³-hybridized carbons (Fsp3) is 0.182. The number of fused-ring (bicyclic) bond motifs is 1. The highest BCUT2D eigenvalue weighted by Crippen LogP contribution is 2.37. The van der Waals surface area contributed by atoms with Gasteiger partial charge in [0.1, 0.15) is 30.7 Å². The maximum absolute atomic E-state index is 13.9. The largest absolute Gasteiger partial charge is 0.471 e. The van der Waals surface area contributed by atoms with E-state index in [1.165, 1.54) is 34.3 Å². The average Bonchev–Trinajstić information content (AvgIpc) is 3.16. The summed E-state index contributed by atoms with van der Waals surface area (Å²) in [5, 5.41) is -0.351. The number of amides is 3. The van der Waals surface area contributed by atoms with Crippen LogP contribution in [0.2, 0.25) is 5.02 Å². The molecule has 0 aliphatic carbocycles. The van der Waals surface area contributed by atoms with Crippen molar-refractivity contribution < 1.29 is 23.1 Å². The number of primary amides is 1. The van der Waals surface area contributed by atoms with Crippen LogP contribution in [0.25, 0.3) is 5.69 Å². The van der Waals surface area contributed by atoms with Crippen molar-refractivity contribution in [1.29, 1.82) is 0 Å². The normalized spacial score (nSPS) is 12.6. The first-order valence-electron chi connectivity index (χ1n) is 9.94. The molecular formula is C22H18ClF2N5O4. The third-order valence-corrected chi connectivity index (χ3v) is 5.60. The summed E-state index contributed by atoms with van der Waals surface area (Å²) in [4.78, 5) is 43.6. The second-order valence-electron chi connectivity index (χ2n) is 7.47. The molecule has 12 heteroatoms. The molecule has 0 fully saturated rings. The van der Waals surface area contributed by atoms with Gasteiger partial charge in [-0.3, -0.25) is 24.0 Å². The van der Waals surface area contributed by atoms with Gasteiger partial charge in [-0.1, -0.05) is 11.6 Å². The number of benzene rings is 2. The number of nitrogens with zero attached hydrogens (tertiary/aromatic N) is 4. The number of ether oxygens (including phenoxy) is 1. The van der Waals surface area contributed by atoms with Crippen molar-refractivity contribution in [2.75, 3.05) is 16.5 Å². The molecular weight excluding hydrogens is 472 g/mol. The monoisotopic (exact) mass is 489 g/mol. The van der Waals surface area contributed by atoms with Crippen LogP contribution in [-0.2, 0) is 11.4 Å². The van der Waals surface area contributed by atoms with Crippen molar-refractivity contribution in [2.45, 2.75) is 20.5 Å². The minimum absolute atomic E-state index is 0.0525. The molecule has 0 saturated heterocycles. The molecule has 9 nitrogen and oxygen atoms in total. The van der Waals surface area contributed by atoms with Crippen LogP contribution in [0, 0.1) is 18.6 Å². The van der Waals surface area contributed by atoms with Crippen LogP contribution in [0.4, 0.5) is 25.0 Å². The van der Waals surface area contributed by atoms with Gasteiger partial charge in [-0.2, -0.15) is 4.98 Å². The van der Waals surface area contributed by atoms with Crippen LogP contribution < -0.4 is 25.8 Å². The van der Waals surface area contributed by atoms with Crippen LogP contribution >= 0.6 is 11.6 Å². The van der Waals surface area contributed by atoms with Gasteiger partial charge in [0.2, 0.25) is 11.8 Å². The lowest BCUT2D eigenvalue weighted by Gasteiger charge is -2.16. The lowest BCUT2D eigenvalue weighted by molar-refractivity contribution is -0.116. The van der Waals surface area contributed by atoms with E-state index in [1.54, 1.807) is 18.2 Å². The van der Waals surface area contributed by atoms with Crippen molar-refractivity contribution in [2.24, 2.45) is 5.73 Å². The molecule has 34 heavy (non-hydrogen) atoms. The van der Waals surface area contributed by atoms with Crippen LogP contribution in [0.5, 0.6) is 5.88 Å². The fourth-order valence-electron chi connectivity index (χ4n) is 3.61. The van der Waals surface area contributed by atoms with E-state index in [0.717, 1.165) is 6.07 Å². The zero-order valence-electron chi connectivity index (χ0n) is 18.0. The molecule has 2 heterocycles. The predicted octanol–water partition coefficient (Wildman–Crippen LogP) is 3.26. The maximum atomic E-state index is 13.9. The molecule has 1 aliphatic rings. The van der Waals surface area contributed by atoms with Gasteiger partial charge in [0.05, 0.1) is 17.1 Å². The first-order valence-corrected chi connectivity index (χ1v) is 10.3. The van der Waals surface area contributed by atoms with E-state index in [-0.39, 0.29) is 41.5 Å². The van der Waals surface area contributed by atoms with Crippen molar-refractivity contribution in [3.05, 3.63) is 74.8 Å². The third-order valence-electron chi connectivity index (χ3n) is 5.27. The molecule has 2 N–H and O–H groups in total. The topological polar surface area (TPSA) is 111 Å². The number of halogens is 3. The molecule has 0 unspecified atom stereocenters. The van der Waals surface area contributed by atoms with E-state index in [2.05, 4.69) is 4.98 Å². The Kier molecular flexibility index (Phi) is 5.96.